The lowest BCUT2D eigenvalue weighted by molar-refractivity contribution is -0.138. The van der Waals surface area contributed by atoms with Crippen LogP contribution in [0.5, 0.6) is 5.75 Å². The van der Waals surface area contributed by atoms with Gasteiger partial charge in [-0.25, -0.2) is 0 Å². The molecule has 1 aliphatic heterocycles. The van der Waals surface area contributed by atoms with Crippen molar-refractivity contribution in [1.82, 2.24) is 24.4 Å². The third kappa shape index (κ3) is 5.52. The second kappa shape index (κ2) is 9.78. The van der Waals surface area contributed by atoms with Crippen molar-refractivity contribution in [1.29, 1.82) is 0 Å². The number of ether oxygens (including phenoxy) is 1. The predicted molar refractivity (Wildman–Crippen MR) is 114 cm³/mol. The molecule has 170 valence electrons. The van der Waals surface area contributed by atoms with Crippen molar-refractivity contribution >= 4 is 23.3 Å². The van der Waals surface area contributed by atoms with Crippen LogP contribution in [0.4, 0.5) is 13.2 Å². The van der Waals surface area contributed by atoms with Crippen LogP contribution >= 0.6 is 11.8 Å². The van der Waals surface area contributed by atoms with E-state index < -0.39 is 11.7 Å². The molecule has 1 amide bonds. The van der Waals surface area contributed by atoms with Gasteiger partial charge in [0.2, 0.25) is 5.91 Å². The second-order valence-electron chi connectivity index (χ2n) is 7.30. The summed E-state index contributed by atoms with van der Waals surface area (Å²) in [5, 5.41) is 8.06. The SMILES string of the molecule is O=C(CSc1nnc2ccc(C(F)(F)F)cn12)N1CCN(CCOc2ccccc2)CC1. The van der Waals surface area contributed by atoms with Crippen LogP contribution in [0, 0.1) is 0 Å². The van der Waals surface area contributed by atoms with Crippen molar-refractivity contribution in [3.8, 4) is 5.75 Å². The lowest BCUT2D eigenvalue weighted by Gasteiger charge is -2.34. The molecule has 0 atom stereocenters. The summed E-state index contributed by atoms with van der Waals surface area (Å²) in [5.41, 5.74) is -0.482. The lowest BCUT2D eigenvalue weighted by atomic mass is 10.3. The molecule has 0 aliphatic carbocycles. The van der Waals surface area contributed by atoms with Crippen molar-refractivity contribution in [2.24, 2.45) is 0 Å². The van der Waals surface area contributed by atoms with Crippen LogP contribution < -0.4 is 4.74 Å². The number of fused-ring (bicyclic) bond motifs is 1. The summed E-state index contributed by atoms with van der Waals surface area (Å²) in [6.07, 6.45) is -3.50. The van der Waals surface area contributed by atoms with Crippen LogP contribution in [0.1, 0.15) is 5.56 Å². The maximum Gasteiger partial charge on any atom is 0.417 e. The van der Waals surface area contributed by atoms with Crippen molar-refractivity contribution in [2.45, 2.75) is 11.3 Å². The molecule has 7 nitrogen and oxygen atoms in total. The molecule has 0 radical (unpaired) electrons. The average molecular weight is 466 g/mol. The molecule has 3 heterocycles. The number of pyridine rings is 1. The zero-order valence-electron chi connectivity index (χ0n) is 17.2. The number of rotatable bonds is 7. The molecular formula is C21H22F3N5O2S. The molecule has 4 rings (SSSR count). The van der Waals surface area contributed by atoms with E-state index in [1.54, 1.807) is 4.90 Å². The number of carbonyl (C=O) groups is 1. The van der Waals surface area contributed by atoms with Gasteiger partial charge in [-0.3, -0.25) is 14.1 Å². The molecule has 1 aliphatic rings. The largest absolute Gasteiger partial charge is 0.492 e. The van der Waals surface area contributed by atoms with E-state index in [9.17, 15) is 18.0 Å². The highest BCUT2D eigenvalue weighted by atomic mass is 32.2. The number of para-hydroxylation sites is 1. The Hall–Kier alpha value is -2.79. The van der Waals surface area contributed by atoms with Gasteiger partial charge in [0.25, 0.3) is 0 Å². The van der Waals surface area contributed by atoms with Gasteiger partial charge < -0.3 is 9.64 Å². The maximum absolute atomic E-state index is 13.0. The number of hydrogen-bond acceptors (Lipinski definition) is 6. The van der Waals surface area contributed by atoms with Crippen LogP contribution in [0.15, 0.2) is 53.8 Å². The standard InChI is InChI=1S/C21H22F3N5O2S/c22-21(23,24)16-6-7-18-25-26-20(29(18)14-16)32-15-19(30)28-10-8-27(9-11-28)12-13-31-17-4-2-1-3-5-17/h1-7,14H,8-13,15H2. The number of thioether (sulfide) groups is 1. The summed E-state index contributed by atoms with van der Waals surface area (Å²) in [6.45, 7) is 4.05. The summed E-state index contributed by atoms with van der Waals surface area (Å²) in [4.78, 5) is 16.6. The summed E-state index contributed by atoms with van der Waals surface area (Å²) in [5.74, 6) is 0.856. The molecule has 0 unspecified atom stereocenters. The number of piperazine rings is 1. The molecule has 1 saturated heterocycles. The average Bonchev–Trinajstić information content (AvgIpc) is 3.20. The zero-order valence-corrected chi connectivity index (χ0v) is 18.0. The first-order valence-corrected chi connectivity index (χ1v) is 11.1. The third-order valence-electron chi connectivity index (χ3n) is 5.17. The molecule has 32 heavy (non-hydrogen) atoms. The first kappa shape index (κ1) is 22.4. The number of benzene rings is 1. The third-order valence-corrected chi connectivity index (χ3v) is 6.10. The van der Waals surface area contributed by atoms with E-state index in [-0.39, 0.29) is 16.8 Å². The van der Waals surface area contributed by atoms with Crippen molar-refractivity contribution in [3.05, 3.63) is 54.2 Å². The molecule has 1 fully saturated rings. The highest BCUT2D eigenvalue weighted by molar-refractivity contribution is 7.99. The van der Waals surface area contributed by atoms with E-state index in [2.05, 4.69) is 15.1 Å². The first-order chi connectivity index (χ1) is 15.4. The Balaban J connectivity index is 1.24. The number of alkyl halides is 3. The van der Waals surface area contributed by atoms with E-state index in [0.717, 1.165) is 49.4 Å². The second-order valence-corrected chi connectivity index (χ2v) is 8.24. The predicted octanol–water partition coefficient (Wildman–Crippen LogP) is 3.06. The summed E-state index contributed by atoms with van der Waals surface area (Å²) in [6, 6.07) is 11.8. The fourth-order valence-corrected chi connectivity index (χ4v) is 4.20. The normalized spacial score (nSPS) is 15.3. The van der Waals surface area contributed by atoms with E-state index in [1.807, 2.05) is 30.3 Å². The van der Waals surface area contributed by atoms with Gasteiger partial charge in [-0.15, -0.1) is 10.2 Å². The Bertz CT molecular complexity index is 1050. The molecule has 0 saturated carbocycles. The summed E-state index contributed by atoms with van der Waals surface area (Å²) < 4.78 is 45.9. The van der Waals surface area contributed by atoms with Crippen molar-refractivity contribution < 1.29 is 22.7 Å². The van der Waals surface area contributed by atoms with Crippen LogP contribution in [0.2, 0.25) is 0 Å². The van der Waals surface area contributed by atoms with Gasteiger partial charge in [0.1, 0.15) is 12.4 Å². The van der Waals surface area contributed by atoms with Crippen LogP contribution in [-0.4, -0.2) is 75.4 Å². The van der Waals surface area contributed by atoms with E-state index in [0.29, 0.717) is 25.3 Å². The molecule has 2 aromatic heterocycles. The molecule has 11 heteroatoms. The highest BCUT2D eigenvalue weighted by Crippen LogP contribution is 2.30. The molecule has 1 aromatic carbocycles. The van der Waals surface area contributed by atoms with Gasteiger partial charge in [-0.2, -0.15) is 13.2 Å². The lowest BCUT2D eigenvalue weighted by Crippen LogP contribution is -2.50. The maximum atomic E-state index is 13.0. The number of nitrogens with zero attached hydrogens (tertiary/aromatic N) is 5. The monoisotopic (exact) mass is 465 g/mol. The Kier molecular flexibility index (Phi) is 6.85. The fraction of sp³-hybridized carbons (Fsp3) is 0.381. The minimum Gasteiger partial charge on any atom is -0.492 e. The van der Waals surface area contributed by atoms with Crippen molar-refractivity contribution in [2.75, 3.05) is 45.1 Å². The molecule has 0 N–H and O–H groups in total. The highest BCUT2D eigenvalue weighted by Gasteiger charge is 2.31. The summed E-state index contributed by atoms with van der Waals surface area (Å²) >= 11 is 1.09. The Morgan fingerprint density at radius 1 is 1.03 bits per heavy atom. The van der Waals surface area contributed by atoms with Gasteiger partial charge in [-0.1, -0.05) is 30.0 Å². The van der Waals surface area contributed by atoms with E-state index in [1.165, 1.54) is 10.5 Å². The smallest absolute Gasteiger partial charge is 0.417 e. The number of carbonyl (C=O) groups excluding carboxylic acids is 1. The first-order valence-electron chi connectivity index (χ1n) is 10.1. The topological polar surface area (TPSA) is 63.0 Å². The van der Waals surface area contributed by atoms with Gasteiger partial charge in [-0.05, 0) is 24.3 Å². The minimum atomic E-state index is -4.46. The molecule has 3 aromatic rings. The van der Waals surface area contributed by atoms with Crippen LogP contribution in [0.3, 0.4) is 0 Å². The Labute approximate surface area is 187 Å². The number of aromatic nitrogens is 3. The van der Waals surface area contributed by atoms with Crippen LogP contribution in [0.25, 0.3) is 5.65 Å². The number of hydrogen-bond donors (Lipinski definition) is 0. The Morgan fingerprint density at radius 3 is 2.50 bits per heavy atom. The van der Waals surface area contributed by atoms with Gasteiger partial charge in [0.15, 0.2) is 10.8 Å². The van der Waals surface area contributed by atoms with Gasteiger partial charge in [0.05, 0.1) is 11.3 Å². The van der Waals surface area contributed by atoms with E-state index in [4.69, 9.17) is 4.74 Å². The number of amides is 1. The summed E-state index contributed by atoms with van der Waals surface area (Å²) in [7, 11) is 0. The molecule has 0 bridgehead atoms. The fourth-order valence-electron chi connectivity index (χ4n) is 3.38. The quantitative estimate of drug-likeness (QED) is 0.500. The molecule has 0 spiro atoms. The molecular weight excluding hydrogens is 443 g/mol. The Morgan fingerprint density at radius 2 is 1.78 bits per heavy atom. The van der Waals surface area contributed by atoms with Crippen molar-refractivity contribution in [3.63, 3.8) is 0 Å². The van der Waals surface area contributed by atoms with Crippen LogP contribution in [-0.2, 0) is 11.0 Å². The minimum absolute atomic E-state index is 0.0705. The van der Waals surface area contributed by atoms with Gasteiger partial charge in [0, 0.05) is 38.9 Å². The van der Waals surface area contributed by atoms with E-state index >= 15 is 0 Å². The van der Waals surface area contributed by atoms with Gasteiger partial charge >= 0.3 is 6.18 Å². The zero-order chi connectivity index (χ0) is 22.6. The number of halogens is 3.